The van der Waals surface area contributed by atoms with Crippen molar-refractivity contribution in [3.05, 3.63) is 5.82 Å². The highest BCUT2D eigenvalue weighted by atomic mass is 32.2. The number of hydrogen-bond acceptors (Lipinski definition) is 6. The van der Waals surface area contributed by atoms with Crippen molar-refractivity contribution in [1.82, 2.24) is 14.7 Å². The number of nitrogens with zero attached hydrogens (tertiary/aromatic N) is 2. The van der Waals surface area contributed by atoms with Gasteiger partial charge in [0.2, 0.25) is 5.91 Å². The number of aromatic nitrogens is 2. The standard InChI is InChI=1S/C14H24N4OS2/c1-9(2)17-14(12(15)19)7-4-5-11(14)6-8-20-13-16-10(3)18-21-13/h9,11,17H,4-8H2,1-3H3,(H2,15,19). The molecule has 0 saturated heterocycles. The van der Waals surface area contributed by atoms with Crippen LogP contribution in [0.5, 0.6) is 0 Å². The molecule has 0 radical (unpaired) electrons. The molecule has 1 amide bonds. The predicted octanol–water partition coefficient (Wildman–Crippen LogP) is 2.35. The van der Waals surface area contributed by atoms with Crippen molar-refractivity contribution in [3.8, 4) is 0 Å². The van der Waals surface area contributed by atoms with Gasteiger partial charge in [-0.1, -0.05) is 18.2 Å². The van der Waals surface area contributed by atoms with E-state index < -0.39 is 5.54 Å². The molecule has 5 nitrogen and oxygen atoms in total. The summed E-state index contributed by atoms with van der Waals surface area (Å²) in [7, 11) is 0. The van der Waals surface area contributed by atoms with E-state index in [1.807, 2.05) is 6.92 Å². The molecule has 0 spiro atoms. The van der Waals surface area contributed by atoms with Crippen LogP contribution in [0.25, 0.3) is 0 Å². The first-order valence-electron chi connectivity index (χ1n) is 7.45. The Morgan fingerprint density at radius 3 is 2.95 bits per heavy atom. The number of carbonyl (C=O) groups excluding carboxylic acids is 1. The topological polar surface area (TPSA) is 80.9 Å². The van der Waals surface area contributed by atoms with Crippen LogP contribution in [-0.4, -0.2) is 32.6 Å². The van der Waals surface area contributed by atoms with Crippen LogP contribution >= 0.6 is 23.3 Å². The average Bonchev–Trinajstić information content (AvgIpc) is 2.97. The van der Waals surface area contributed by atoms with Crippen molar-refractivity contribution in [3.63, 3.8) is 0 Å². The van der Waals surface area contributed by atoms with E-state index in [0.717, 1.165) is 41.6 Å². The highest BCUT2D eigenvalue weighted by Crippen LogP contribution is 2.39. The summed E-state index contributed by atoms with van der Waals surface area (Å²) < 4.78 is 5.19. The van der Waals surface area contributed by atoms with E-state index in [4.69, 9.17) is 5.73 Å². The maximum atomic E-state index is 12.0. The van der Waals surface area contributed by atoms with Gasteiger partial charge in [-0.05, 0) is 57.5 Å². The molecule has 0 aliphatic heterocycles. The zero-order valence-electron chi connectivity index (χ0n) is 12.9. The summed E-state index contributed by atoms with van der Waals surface area (Å²) in [6.45, 7) is 6.04. The van der Waals surface area contributed by atoms with E-state index >= 15 is 0 Å². The fraction of sp³-hybridized carbons (Fsp3) is 0.786. The Labute approximate surface area is 134 Å². The summed E-state index contributed by atoms with van der Waals surface area (Å²) in [5.74, 6) is 1.90. The van der Waals surface area contributed by atoms with Crippen molar-refractivity contribution in [2.75, 3.05) is 5.75 Å². The lowest BCUT2D eigenvalue weighted by molar-refractivity contribution is -0.126. The van der Waals surface area contributed by atoms with E-state index in [-0.39, 0.29) is 11.9 Å². The first-order valence-corrected chi connectivity index (χ1v) is 9.20. The average molecular weight is 329 g/mol. The molecule has 118 valence electrons. The first kappa shape index (κ1) is 16.7. The second-order valence-corrected chi connectivity index (χ2v) is 8.06. The van der Waals surface area contributed by atoms with Crippen molar-refractivity contribution in [2.24, 2.45) is 11.7 Å². The smallest absolute Gasteiger partial charge is 0.238 e. The van der Waals surface area contributed by atoms with Gasteiger partial charge in [0.1, 0.15) is 11.4 Å². The number of amides is 1. The van der Waals surface area contributed by atoms with Gasteiger partial charge in [-0.2, -0.15) is 4.37 Å². The quantitative estimate of drug-likeness (QED) is 0.751. The van der Waals surface area contributed by atoms with Crippen LogP contribution in [0.3, 0.4) is 0 Å². The molecule has 2 atom stereocenters. The molecule has 3 N–H and O–H groups in total. The number of nitrogens with one attached hydrogen (secondary N) is 1. The Morgan fingerprint density at radius 2 is 2.38 bits per heavy atom. The number of aryl methyl sites for hydroxylation is 1. The lowest BCUT2D eigenvalue weighted by atomic mass is 9.83. The molecule has 2 unspecified atom stereocenters. The second kappa shape index (κ2) is 7.07. The normalized spacial score (nSPS) is 25.6. The third-order valence-corrected chi connectivity index (χ3v) is 5.97. The minimum absolute atomic E-state index is 0.199. The molecule has 2 rings (SSSR count). The zero-order valence-corrected chi connectivity index (χ0v) is 14.5. The van der Waals surface area contributed by atoms with Gasteiger partial charge in [-0.15, -0.1) is 0 Å². The highest BCUT2D eigenvalue weighted by Gasteiger charge is 2.47. The van der Waals surface area contributed by atoms with Gasteiger partial charge in [0.05, 0.1) is 0 Å². The fourth-order valence-corrected chi connectivity index (χ4v) is 4.96. The minimum atomic E-state index is -0.522. The Morgan fingerprint density at radius 1 is 1.62 bits per heavy atom. The van der Waals surface area contributed by atoms with Crippen LogP contribution in [0, 0.1) is 12.8 Å². The minimum Gasteiger partial charge on any atom is -0.368 e. The Kier molecular flexibility index (Phi) is 5.62. The molecule has 1 aliphatic rings. The van der Waals surface area contributed by atoms with Crippen molar-refractivity contribution in [2.45, 2.75) is 62.4 Å². The molecular weight excluding hydrogens is 304 g/mol. The maximum Gasteiger partial charge on any atom is 0.238 e. The summed E-state index contributed by atoms with van der Waals surface area (Å²) in [4.78, 5) is 16.4. The first-order chi connectivity index (χ1) is 9.94. The van der Waals surface area contributed by atoms with E-state index in [1.54, 1.807) is 11.8 Å². The second-order valence-electron chi connectivity index (χ2n) is 5.97. The molecule has 1 fully saturated rings. The van der Waals surface area contributed by atoms with Crippen LogP contribution in [0.4, 0.5) is 0 Å². The monoisotopic (exact) mass is 328 g/mol. The van der Waals surface area contributed by atoms with E-state index in [0.29, 0.717) is 5.92 Å². The molecule has 0 bridgehead atoms. The summed E-state index contributed by atoms with van der Waals surface area (Å²) in [6.07, 6.45) is 3.97. The molecule has 7 heteroatoms. The van der Waals surface area contributed by atoms with Gasteiger partial charge >= 0.3 is 0 Å². The van der Waals surface area contributed by atoms with Gasteiger partial charge in [0, 0.05) is 11.8 Å². The molecule has 0 aromatic carbocycles. The summed E-state index contributed by atoms with van der Waals surface area (Å²) in [5, 5.41) is 3.45. The van der Waals surface area contributed by atoms with Crippen molar-refractivity contribution in [1.29, 1.82) is 0 Å². The molecule has 1 saturated carbocycles. The van der Waals surface area contributed by atoms with Crippen LogP contribution < -0.4 is 11.1 Å². The van der Waals surface area contributed by atoms with Gasteiger partial charge in [-0.3, -0.25) is 4.79 Å². The van der Waals surface area contributed by atoms with Gasteiger partial charge in [0.25, 0.3) is 0 Å². The van der Waals surface area contributed by atoms with E-state index in [9.17, 15) is 4.79 Å². The Bertz CT molecular complexity index is 491. The van der Waals surface area contributed by atoms with Crippen LogP contribution in [0.15, 0.2) is 4.34 Å². The molecule has 1 aromatic heterocycles. The predicted molar refractivity (Wildman–Crippen MR) is 87.5 cm³/mol. The van der Waals surface area contributed by atoms with Crippen LogP contribution in [0.2, 0.25) is 0 Å². The van der Waals surface area contributed by atoms with Crippen LogP contribution in [0.1, 0.15) is 45.4 Å². The molecule has 21 heavy (non-hydrogen) atoms. The van der Waals surface area contributed by atoms with Crippen molar-refractivity contribution >= 4 is 29.2 Å². The van der Waals surface area contributed by atoms with Gasteiger partial charge in [-0.25, -0.2) is 4.98 Å². The molecular formula is C14H24N4OS2. The maximum absolute atomic E-state index is 12.0. The number of rotatable bonds is 7. The largest absolute Gasteiger partial charge is 0.368 e. The zero-order chi connectivity index (χ0) is 15.5. The SMILES string of the molecule is Cc1nsc(SCCC2CCCC2(NC(C)C)C(N)=O)n1. The Balaban J connectivity index is 1.95. The fourth-order valence-electron chi connectivity index (χ4n) is 3.19. The van der Waals surface area contributed by atoms with Gasteiger partial charge < -0.3 is 11.1 Å². The van der Waals surface area contributed by atoms with E-state index in [1.165, 1.54) is 11.5 Å². The molecule has 1 aromatic rings. The summed E-state index contributed by atoms with van der Waals surface area (Å²) >= 11 is 3.17. The lowest BCUT2D eigenvalue weighted by Crippen LogP contribution is -2.60. The number of carbonyl (C=O) groups is 1. The number of primary amides is 1. The summed E-state index contributed by atoms with van der Waals surface area (Å²) in [5.41, 5.74) is 5.21. The van der Waals surface area contributed by atoms with Crippen LogP contribution in [-0.2, 0) is 4.79 Å². The summed E-state index contributed by atoms with van der Waals surface area (Å²) in [6, 6.07) is 0.261. The van der Waals surface area contributed by atoms with Crippen molar-refractivity contribution < 1.29 is 4.79 Å². The highest BCUT2D eigenvalue weighted by molar-refractivity contribution is 8.00. The molecule has 1 heterocycles. The van der Waals surface area contributed by atoms with E-state index in [2.05, 4.69) is 28.5 Å². The molecule has 1 aliphatic carbocycles. The number of nitrogens with two attached hydrogens (primary N) is 1. The third-order valence-electron chi connectivity index (χ3n) is 4.01. The Hall–Kier alpha value is -0.660. The third kappa shape index (κ3) is 3.96. The lowest BCUT2D eigenvalue weighted by Gasteiger charge is -2.35. The number of thioether (sulfide) groups is 1. The number of hydrogen-bond donors (Lipinski definition) is 2. The van der Waals surface area contributed by atoms with Gasteiger partial charge in [0.15, 0.2) is 4.34 Å².